The van der Waals surface area contributed by atoms with E-state index in [1.165, 1.54) is 0 Å². The fourth-order valence-corrected chi connectivity index (χ4v) is 1.53. The molecule has 1 aliphatic rings. The van der Waals surface area contributed by atoms with Crippen molar-refractivity contribution < 1.29 is 14.3 Å². The quantitative estimate of drug-likeness (QED) is 0.486. The molecule has 1 saturated heterocycles. The summed E-state index contributed by atoms with van der Waals surface area (Å²) in [6, 6.07) is 0. The fraction of sp³-hybridized carbons (Fsp3) is 0.800. The third-order valence-electron chi connectivity index (χ3n) is 3.07. The Bertz CT molecular complexity index is 214. The molecule has 0 atom stereocenters. The molecule has 1 heterocycles. The van der Waals surface area contributed by atoms with Crippen molar-refractivity contribution in [3.63, 3.8) is 0 Å². The van der Waals surface area contributed by atoms with E-state index in [0.717, 1.165) is 6.42 Å². The zero-order chi connectivity index (χ0) is 10.1. The molecule has 0 saturated carbocycles. The maximum absolute atomic E-state index is 11.0. The Morgan fingerprint density at radius 2 is 1.77 bits per heavy atom. The van der Waals surface area contributed by atoms with Gasteiger partial charge in [0.25, 0.3) is 0 Å². The Hall–Kier alpha value is -0.860. The van der Waals surface area contributed by atoms with Crippen LogP contribution in [0.4, 0.5) is 0 Å². The van der Waals surface area contributed by atoms with Crippen LogP contribution in [0.3, 0.4) is 0 Å². The van der Waals surface area contributed by atoms with Crippen molar-refractivity contribution in [1.82, 2.24) is 0 Å². The lowest BCUT2D eigenvalue weighted by Crippen LogP contribution is -2.34. The van der Waals surface area contributed by atoms with Crippen LogP contribution in [0.5, 0.6) is 0 Å². The van der Waals surface area contributed by atoms with Gasteiger partial charge in [0.1, 0.15) is 0 Å². The highest BCUT2D eigenvalue weighted by molar-refractivity contribution is 5.88. The second-order valence-corrected chi connectivity index (χ2v) is 4.29. The molecular weight excluding hydrogens is 168 g/mol. The van der Waals surface area contributed by atoms with E-state index >= 15 is 0 Å². The molecule has 3 heteroatoms. The molecule has 0 bridgehead atoms. The smallest absolute Gasteiger partial charge is 0.313 e. The number of esters is 2. The van der Waals surface area contributed by atoms with Crippen LogP contribution in [-0.4, -0.2) is 11.9 Å². The maximum Gasteiger partial charge on any atom is 0.313 e. The molecule has 1 fully saturated rings. The normalized spacial score (nSPS) is 20.2. The number of ether oxygens (including phenoxy) is 1. The van der Waals surface area contributed by atoms with Crippen LogP contribution >= 0.6 is 0 Å². The van der Waals surface area contributed by atoms with Gasteiger partial charge in [-0.25, -0.2) is 0 Å². The van der Waals surface area contributed by atoms with Gasteiger partial charge in [-0.05, 0) is 11.3 Å². The van der Waals surface area contributed by atoms with Crippen LogP contribution in [0.1, 0.15) is 40.0 Å². The summed E-state index contributed by atoms with van der Waals surface area (Å²) in [5, 5.41) is 0. The van der Waals surface area contributed by atoms with E-state index < -0.39 is 0 Å². The first-order valence-corrected chi connectivity index (χ1v) is 4.69. The molecule has 0 aromatic carbocycles. The molecule has 1 rings (SSSR count). The summed E-state index contributed by atoms with van der Waals surface area (Å²) in [6.45, 7) is 6.25. The van der Waals surface area contributed by atoms with Gasteiger partial charge in [-0.3, -0.25) is 9.59 Å². The van der Waals surface area contributed by atoms with Crippen molar-refractivity contribution in [2.75, 3.05) is 0 Å². The van der Waals surface area contributed by atoms with Gasteiger partial charge >= 0.3 is 11.9 Å². The first kappa shape index (κ1) is 10.2. The summed E-state index contributed by atoms with van der Waals surface area (Å²) < 4.78 is 4.48. The average molecular weight is 184 g/mol. The SMILES string of the molecule is CCC(C)(C)C1CC(=O)OC(=O)C1. The summed E-state index contributed by atoms with van der Waals surface area (Å²) in [5.41, 5.74) is 0.0507. The Labute approximate surface area is 78.5 Å². The number of rotatable bonds is 2. The molecule has 0 aromatic rings. The van der Waals surface area contributed by atoms with Crippen molar-refractivity contribution in [1.29, 1.82) is 0 Å². The van der Waals surface area contributed by atoms with Gasteiger partial charge in [0.05, 0.1) is 0 Å². The molecular formula is C10H16O3. The predicted octanol–water partition coefficient (Wildman–Crippen LogP) is 1.90. The number of cyclic esters (lactones) is 2. The molecule has 0 aliphatic carbocycles. The third kappa shape index (κ3) is 2.29. The molecule has 0 aromatic heterocycles. The van der Waals surface area contributed by atoms with E-state index in [1.807, 2.05) is 0 Å². The zero-order valence-electron chi connectivity index (χ0n) is 8.42. The highest BCUT2D eigenvalue weighted by Gasteiger charge is 2.36. The average Bonchev–Trinajstić information content (AvgIpc) is 2.02. The van der Waals surface area contributed by atoms with Gasteiger partial charge in [0.2, 0.25) is 0 Å². The molecule has 0 N–H and O–H groups in total. The minimum absolute atomic E-state index is 0.0507. The maximum atomic E-state index is 11.0. The lowest BCUT2D eigenvalue weighted by molar-refractivity contribution is -0.167. The molecule has 74 valence electrons. The van der Waals surface area contributed by atoms with Gasteiger partial charge in [0.15, 0.2) is 0 Å². The molecule has 0 spiro atoms. The van der Waals surface area contributed by atoms with Crippen LogP contribution in [-0.2, 0) is 14.3 Å². The summed E-state index contributed by atoms with van der Waals surface area (Å²) in [7, 11) is 0. The summed E-state index contributed by atoms with van der Waals surface area (Å²) in [6.07, 6.45) is 1.73. The largest absolute Gasteiger partial charge is 0.393 e. The molecule has 13 heavy (non-hydrogen) atoms. The standard InChI is InChI=1S/C10H16O3/c1-4-10(2,3)7-5-8(11)13-9(12)6-7/h7H,4-6H2,1-3H3. The second kappa shape index (κ2) is 3.48. The Kier molecular flexibility index (Phi) is 2.74. The van der Waals surface area contributed by atoms with E-state index in [-0.39, 0.29) is 23.3 Å². The van der Waals surface area contributed by atoms with Gasteiger partial charge in [-0.1, -0.05) is 27.2 Å². The zero-order valence-corrected chi connectivity index (χ0v) is 8.42. The number of carbonyl (C=O) groups excluding carboxylic acids is 2. The predicted molar refractivity (Wildman–Crippen MR) is 47.9 cm³/mol. The first-order valence-electron chi connectivity index (χ1n) is 4.69. The van der Waals surface area contributed by atoms with Crippen LogP contribution in [0.25, 0.3) is 0 Å². The molecule has 0 unspecified atom stereocenters. The molecule has 3 nitrogen and oxygen atoms in total. The monoisotopic (exact) mass is 184 g/mol. The van der Waals surface area contributed by atoms with Crippen molar-refractivity contribution in [3.8, 4) is 0 Å². The van der Waals surface area contributed by atoms with E-state index in [2.05, 4.69) is 25.5 Å². The first-order chi connectivity index (χ1) is 5.95. The lowest BCUT2D eigenvalue weighted by Gasteiger charge is -2.34. The van der Waals surface area contributed by atoms with E-state index in [1.54, 1.807) is 0 Å². The van der Waals surface area contributed by atoms with E-state index in [9.17, 15) is 9.59 Å². The number of hydrogen-bond donors (Lipinski definition) is 0. The minimum atomic E-state index is -0.372. The van der Waals surface area contributed by atoms with Crippen molar-refractivity contribution in [3.05, 3.63) is 0 Å². The molecule has 0 amide bonds. The highest BCUT2D eigenvalue weighted by Crippen LogP contribution is 2.37. The summed E-state index contributed by atoms with van der Waals surface area (Å²) >= 11 is 0. The van der Waals surface area contributed by atoms with Crippen molar-refractivity contribution in [2.24, 2.45) is 11.3 Å². The highest BCUT2D eigenvalue weighted by atomic mass is 16.6. The van der Waals surface area contributed by atoms with E-state index in [0.29, 0.717) is 12.8 Å². The van der Waals surface area contributed by atoms with Crippen molar-refractivity contribution in [2.45, 2.75) is 40.0 Å². The van der Waals surface area contributed by atoms with Gasteiger partial charge < -0.3 is 4.74 Å². The van der Waals surface area contributed by atoms with Crippen LogP contribution in [0.2, 0.25) is 0 Å². The Morgan fingerprint density at radius 3 is 2.15 bits per heavy atom. The fourth-order valence-electron chi connectivity index (χ4n) is 1.53. The second-order valence-electron chi connectivity index (χ2n) is 4.29. The summed E-state index contributed by atoms with van der Waals surface area (Å²) in [4.78, 5) is 22.0. The Balaban J connectivity index is 2.70. The number of hydrogen-bond acceptors (Lipinski definition) is 3. The van der Waals surface area contributed by atoms with Gasteiger partial charge in [-0.2, -0.15) is 0 Å². The van der Waals surface area contributed by atoms with Crippen LogP contribution in [0, 0.1) is 11.3 Å². The van der Waals surface area contributed by atoms with Crippen LogP contribution < -0.4 is 0 Å². The lowest BCUT2D eigenvalue weighted by atomic mass is 9.73. The Morgan fingerprint density at radius 1 is 1.31 bits per heavy atom. The molecule has 1 aliphatic heterocycles. The third-order valence-corrected chi connectivity index (χ3v) is 3.07. The van der Waals surface area contributed by atoms with Gasteiger partial charge in [-0.15, -0.1) is 0 Å². The molecule has 0 radical (unpaired) electrons. The topological polar surface area (TPSA) is 43.4 Å². The van der Waals surface area contributed by atoms with Crippen LogP contribution in [0.15, 0.2) is 0 Å². The van der Waals surface area contributed by atoms with Crippen molar-refractivity contribution >= 4 is 11.9 Å². The van der Waals surface area contributed by atoms with Gasteiger partial charge in [0, 0.05) is 12.8 Å². The number of carbonyl (C=O) groups is 2. The summed E-state index contributed by atoms with van der Waals surface area (Å²) in [5.74, 6) is -0.600. The van der Waals surface area contributed by atoms with E-state index in [4.69, 9.17) is 0 Å². The minimum Gasteiger partial charge on any atom is -0.393 e.